The maximum absolute atomic E-state index is 11.5. The Kier molecular flexibility index (Phi) is 3.74. The van der Waals surface area contributed by atoms with E-state index < -0.39 is 0 Å². The normalized spacial score (nSPS) is 16.4. The average molecular weight is 221 g/mol. The minimum atomic E-state index is 0.0882. The molecule has 0 unspecified atom stereocenters. The largest absolute Gasteiger partial charge is 0.314 e. The lowest BCUT2D eigenvalue weighted by molar-refractivity contribution is 0.147. The highest BCUT2D eigenvalue weighted by Crippen LogP contribution is 2.04. The van der Waals surface area contributed by atoms with Gasteiger partial charge in [-0.25, -0.2) is 0 Å². The summed E-state index contributed by atoms with van der Waals surface area (Å²) in [5, 5.41) is 3.28. The van der Waals surface area contributed by atoms with Gasteiger partial charge in [0.05, 0.1) is 0 Å². The maximum Gasteiger partial charge on any atom is 0.250 e. The van der Waals surface area contributed by atoms with Crippen LogP contribution in [-0.2, 0) is 6.54 Å². The minimum Gasteiger partial charge on any atom is -0.314 e. The van der Waals surface area contributed by atoms with Crippen LogP contribution in [0.15, 0.2) is 29.2 Å². The Balaban J connectivity index is 1.90. The maximum atomic E-state index is 11.5. The van der Waals surface area contributed by atoms with Crippen molar-refractivity contribution >= 4 is 0 Å². The number of aromatic nitrogens is 1. The van der Waals surface area contributed by atoms with E-state index >= 15 is 0 Å². The molecule has 88 valence electrons. The second-order valence-corrected chi connectivity index (χ2v) is 4.17. The summed E-state index contributed by atoms with van der Waals surface area (Å²) >= 11 is 0. The Morgan fingerprint density at radius 1 is 1.50 bits per heavy atom. The van der Waals surface area contributed by atoms with Gasteiger partial charge in [0.1, 0.15) is 0 Å². The predicted octanol–water partition coefficient (Wildman–Crippen LogP) is 0.142. The van der Waals surface area contributed by atoms with E-state index in [0.29, 0.717) is 6.04 Å². The molecule has 16 heavy (non-hydrogen) atoms. The van der Waals surface area contributed by atoms with Gasteiger partial charge in [-0.2, -0.15) is 0 Å². The molecule has 0 aromatic carbocycles. The van der Waals surface area contributed by atoms with Crippen molar-refractivity contribution in [1.82, 2.24) is 14.8 Å². The Morgan fingerprint density at radius 3 is 2.88 bits per heavy atom. The predicted molar refractivity (Wildman–Crippen MR) is 64.6 cm³/mol. The molecular formula is C12H19N3O. The summed E-state index contributed by atoms with van der Waals surface area (Å²) in [6, 6.07) is 5.96. The summed E-state index contributed by atoms with van der Waals surface area (Å²) in [4.78, 5) is 13.9. The SMILES string of the molecule is CCN(CCn1ccccc1=O)C1CNC1. The van der Waals surface area contributed by atoms with Crippen LogP contribution in [0.2, 0.25) is 0 Å². The molecule has 1 saturated heterocycles. The number of hydrogen-bond donors (Lipinski definition) is 1. The zero-order valence-corrected chi connectivity index (χ0v) is 9.72. The fourth-order valence-electron chi connectivity index (χ4n) is 2.01. The summed E-state index contributed by atoms with van der Waals surface area (Å²) in [7, 11) is 0. The molecule has 1 aromatic heterocycles. The molecule has 0 atom stereocenters. The first kappa shape index (κ1) is 11.4. The van der Waals surface area contributed by atoms with Crippen molar-refractivity contribution in [3.8, 4) is 0 Å². The molecule has 1 fully saturated rings. The van der Waals surface area contributed by atoms with E-state index in [1.807, 2.05) is 12.3 Å². The van der Waals surface area contributed by atoms with Gasteiger partial charge in [0.2, 0.25) is 0 Å². The van der Waals surface area contributed by atoms with Crippen molar-refractivity contribution in [2.75, 3.05) is 26.2 Å². The number of hydrogen-bond acceptors (Lipinski definition) is 3. The molecule has 0 amide bonds. The molecule has 0 saturated carbocycles. The quantitative estimate of drug-likeness (QED) is 0.768. The fourth-order valence-corrected chi connectivity index (χ4v) is 2.01. The van der Waals surface area contributed by atoms with E-state index in [1.165, 1.54) is 0 Å². The standard InChI is InChI=1S/C12H19N3O/c1-2-14(11-9-13-10-11)7-8-15-6-4-3-5-12(15)16/h3-6,11,13H,2,7-10H2,1H3. The third-order valence-corrected chi connectivity index (χ3v) is 3.21. The van der Waals surface area contributed by atoms with Gasteiger partial charge >= 0.3 is 0 Å². The minimum absolute atomic E-state index is 0.0882. The number of rotatable bonds is 5. The van der Waals surface area contributed by atoms with E-state index in [-0.39, 0.29) is 5.56 Å². The second-order valence-electron chi connectivity index (χ2n) is 4.17. The van der Waals surface area contributed by atoms with Crippen LogP contribution in [-0.4, -0.2) is 41.7 Å². The van der Waals surface area contributed by atoms with Crippen molar-refractivity contribution in [1.29, 1.82) is 0 Å². The van der Waals surface area contributed by atoms with Crippen molar-refractivity contribution in [2.45, 2.75) is 19.5 Å². The first-order valence-corrected chi connectivity index (χ1v) is 5.91. The molecule has 1 aliphatic heterocycles. The summed E-state index contributed by atoms with van der Waals surface area (Å²) < 4.78 is 1.77. The van der Waals surface area contributed by atoms with Gasteiger partial charge in [0, 0.05) is 44.5 Å². The first-order valence-electron chi connectivity index (χ1n) is 5.91. The van der Waals surface area contributed by atoms with E-state index in [2.05, 4.69) is 17.1 Å². The third-order valence-electron chi connectivity index (χ3n) is 3.21. The summed E-state index contributed by atoms with van der Waals surface area (Å²) in [6.07, 6.45) is 1.86. The molecule has 4 heteroatoms. The van der Waals surface area contributed by atoms with Gasteiger partial charge in [-0.1, -0.05) is 13.0 Å². The van der Waals surface area contributed by atoms with E-state index in [9.17, 15) is 4.79 Å². The van der Waals surface area contributed by atoms with Crippen LogP contribution in [0.5, 0.6) is 0 Å². The van der Waals surface area contributed by atoms with Gasteiger partial charge < -0.3 is 9.88 Å². The molecule has 2 rings (SSSR count). The number of nitrogens with zero attached hydrogens (tertiary/aromatic N) is 2. The molecule has 4 nitrogen and oxygen atoms in total. The van der Waals surface area contributed by atoms with Crippen LogP contribution >= 0.6 is 0 Å². The lowest BCUT2D eigenvalue weighted by Crippen LogP contribution is -2.57. The molecule has 2 heterocycles. The molecule has 1 aliphatic rings. The summed E-state index contributed by atoms with van der Waals surface area (Å²) in [5.74, 6) is 0. The van der Waals surface area contributed by atoms with Crippen molar-refractivity contribution < 1.29 is 0 Å². The third kappa shape index (κ3) is 2.51. The van der Waals surface area contributed by atoms with Crippen molar-refractivity contribution in [3.63, 3.8) is 0 Å². The van der Waals surface area contributed by atoms with Crippen LogP contribution in [0.4, 0.5) is 0 Å². The smallest absolute Gasteiger partial charge is 0.250 e. The van der Waals surface area contributed by atoms with Gasteiger partial charge in [0.25, 0.3) is 5.56 Å². The molecule has 1 aromatic rings. The zero-order valence-electron chi connectivity index (χ0n) is 9.72. The Bertz CT molecular complexity index is 384. The van der Waals surface area contributed by atoms with Gasteiger partial charge in [-0.15, -0.1) is 0 Å². The molecule has 0 radical (unpaired) electrons. The first-order chi connectivity index (χ1) is 7.81. The Hall–Kier alpha value is -1.13. The highest BCUT2D eigenvalue weighted by atomic mass is 16.1. The number of nitrogens with one attached hydrogen (secondary N) is 1. The van der Waals surface area contributed by atoms with Crippen LogP contribution in [0.3, 0.4) is 0 Å². The van der Waals surface area contributed by atoms with Crippen molar-refractivity contribution in [3.05, 3.63) is 34.7 Å². The summed E-state index contributed by atoms with van der Waals surface area (Å²) in [6.45, 7) is 7.12. The monoisotopic (exact) mass is 221 g/mol. The molecule has 1 N–H and O–H groups in total. The lowest BCUT2D eigenvalue weighted by atomic mass is 10.1. The van der Waals surface area contributed by atoms with E-state index in [4.69, 9.17) is 0 Å². The second kappa shape index (κ2) is 5.27. The van der Waals surface area contributed by atoms with Gasteiger partial charge in [0.15, 0.2) is 0 Å². The highest BCUT2D eigenvalue weighted by molar-refractivity contribution is 4.93. The Labute approximate surface area is 95.9 Å². The fraction of sp³-hybridized carbons (Fsp3) is 0.583. The van der Waals surface area contributed by atoms with Gasteiger partial charge in [-0.05, 0) is 12.6 Å². The highest BCUT2D eigenvalue weighted by Gasteiger charge is 2.22. The number of likely N-dealkylation sites (N-methyl/N-ethyl adjacent to an activating group) is 1. The molecule has 0 aliphatic carbocycles. The van der Waals surface area contributed by atoms with Crippen LogP contribution in [0.1, 0.15) is 6.92 Å². The van der Waals surface area contributed by atoms with Crippen LogP contribution in [0, 0.1) is 0 Å². The van der Waals surface area contributed by atoms with E-state index in [0.717, 1.165) is 32.7 Å². The average Bonchev–Trinajstić information content (AvgIpc) is 2.23. The van der Waals surface area contributed by atoms with Gasteiger partial charge in [-0.3, -0.25) is 9.69 Å². The molecule has 0 spiro atoms. The topological polar surface area (TPSA) is 37.3 Å². The zero-order chi connectivity index (χ0) is 11.4. The van der Waals surface area contributed by atoms with Crippen molar-refractivity contribution in [2.24, 2.45) is 0 Å². The molecule has 0 bridgehead atoms. The Morgan fingerprint density at radius 2 is 2.31 bits per heavy atom. The lowest BCUT2D eigenvalue weighted by Gasteiger charge is -2.37. The van der Waals surface area contributed by atoms with Crippen LogP contribution < -0.4 is 10.9 Å². The van der Waals surface area contributed by atoms with Crippen LogP contribution in [0.25, 0.3) is 0 Å². The summed E-state index contributed by atoms with van der Waals surface area (Å²) in [5.41, 5.74) is 0.0882. The van der Waals surface area contributed by atoms with E-state index in [1.54, 1.807) is 16.7 Å². The number of pyridine rings is 1. The molecular weight excluding hydrogens is 202 g/mol.